The minimum atomic E-state index is -2.29. The third kappa shape index (κ3) is 1.95. The second-order valence-corrected chi connectivity index (χ2v) is 12.2. The van der Waals surface area contributed by atoms with E-state index in [1.807, 2.05) is 0 Å². The maximum Gasteiger partial charge on any atom is 0.261 e. The molecule has 0 spiro atoms. The summed E-state index contributed by atoms with van der Waals surface area (Å²) in [5.74, 6) is -4.20. The van der Waals surface area contributed by atoms with Gasteiger partial charge in [-0.25, -0.2) is 0 Å². The Hall–Kier alpha value is -0.800. The number of aliphatic hydroxyl groups is 3. The molecule has 0 radical (unpaired) electrons. The molecule has 7 heteroatoms. The normalized spacial score (nSPS) is 59.8. The lowest BCUT2D eigenvalue weighted by Crippen LogP contribution is -2.77. The van der Waals surface area contributed by atoms with Crippen molar-refractivity contribution in [3.05, 3.63) is 22.8 Å². The second kappa shape index (κ2) is 5.70. The zero-order chi connectivity index (χ0) is 22.5. The molecule has 176 valence electrons. The van der Waals surface area contributed by atoms with Crippen LogP contribution >= 0.6 is 0 Å². The Morgan fingerprint density at radius 3 is 2.59 bits per heavy atom. The molecule has 7 rings (SSSR count). The molecule has 4 aliphatic heterocycles. The highest BCUT2D eigenvalue weighted by Gasteiger charge is 2.86. The van der Waals surface area contributed by atoms with Crippen LogP contribution in [0.5, 0.6) is 0 Å². The molecule has 0 aromatic carbocycles. The van der Waals surface area contributed by atoms with Gasteiger partial charge in [-0.3, -0.25) is 0 Å². The van der Waals surface area contributed by atoms with Crippen molar-refractivity contribution in [2.24, 2.45) is 28.6 Å². The van der Waals surface area contributed by atoms with Crippen LogP contribution in [0.4, 0.5) is 0 Å². The fraction of sp³-hybridized carbons (Fsp3) is 0.840. The molecule has 0 aromatic heterocycles. The number of fused-ring (bicyclic) bond motifs is 6. The van der Waals surface area contributed by atoms with Crippen molar-refractivity contribution < 1.29 is 34.3 Å². The van der Waals surface area contributed by atoms with Crippen molar-refractivity contribution in [3.63, 3.8) is 0 Å². The Morgan fingerprint density at radius 1 is 1.06 bits per heavy atom. The van der Waals surface area contributed by atoms with Gasteiger partial charge in [0.05, 0.1) is 12.0 Å². The van der Waals surface area contributed by atoms with E-state index in [4.69, 9.17) is 18.9 Å². The molecule has 7 aliphatic rings. The lowest BCUT2D eigenvalue weighted by atomic mass is 9.52. The van der Waals surface area contributed by atoms with Crippen LogP contribution in [0.1, 0.15) is 59.8 Å². The van der Waals surface area contributed by atoms with Gasteiger partial charge in [-0.1, -0.05) is 44.9 Å². The lowest BCUT2D eigenvalue weighted by molar-refractivity contribution is -0.435. The molecule has 4 saturated heterocycles. The van der Waals surface area contributed by atoms with Crippen molar-refractivity contribution in [2.75, 3.05) is 6.61 Å². The van der Waals surface area contributed by atoms with Gasteiger partial charge in [-0.2, -0.15) is 0 Å². The molecule has 0 unspecified atom stereocenters. The van der Waals surface area contributed by atoms with Gasteiger partial charge in [0.15, 0.2) is 18.2 Å². The fourth-order valence-corrected chi connectivity index (χ4v) is 8.56. The Balaban J connectivity index is 1.43. The van der Waals surface area contributed by atoms with Crippen LogP contribution in [0.15, 0.2) is 22.8 Å². The van der Waals surface area contributed by atoms with Crippen molar-refractivity contribution in [3.8, 4) is 0 Å². The quantitative estimate of drug-likeness (QED) is 0.532. The summed E-state index contributed by atoms with van der Waals surface area (Å²) in [5, 5.41) is 34.5. The number of hydrogen-bond donors (Lipinski definition) is 3. The van der Waals surface area contributed by atoms with Crippen molar-refractivity contribution in [2.45, 2.75) is 95.7 Å². The molecule has 32 heavy (non-hydrogen) atoms. The van der Waals surface area contributed by atoms with E-state index in [-0.39, 0.29) is 29.5 Å². The van der Waals surface area contributed by atoms with Crippen molar-refractivity contribution in [1.82, 2.24) is 0 Å². The molecular weight excluding hydrogens is 412 g/mol. The first-order valence-electron chi connectivity index (χ1n) is 12.2. The average molecular weight is 447 g/mol. The van der Waals surface area contributed by atoms with E-state index in [0.717, 1.165) is 31.3 Å². The predicted octanol–water partition coefficient (Wildman–Crippen LogP) is 2.35. The van der Waals surface area contributed by atoms with Crippen LogP contribution in [-0.2, 0) is 18.9 Å². The molecule has 0 aromatic rings. The monoisotopic (exact) mass is 446 g/mol. The van der Waals surface area contributed by atoms with Crippen LogP contribution in [0.3, 0.4) is 0 Å². The number of hydrogen-bond acceptors (Lipinski definition) is 7. The summed E-state index contributed by atoms with van der Waals surface area (Å²) in [7, 11) is 0. The maximum absolute atomic E-state index is 12.0. The van der Waals surface area contributed by atoms with E-state index in [9.17, 15) is 15.3 Å². The van der Waals surface area contributed by atoms with Gasteiger partial charge in [-0.15, -0.1) is 0 Å². The molecule has 7 nitrogen and oxygen atoms in total. The molecule has 2 bridgehead atoms. The van der Waals surface area contributed by atoms with Gasteiger partial charge in [-0.05, 0) is 54.9 Å². The standard InChI is InChI=1S/C25H34O7/c1-12(2)13-7-8-21(3)9-10-22(4)15(16(13)21)6-5-14-17-18(22)30-20-24(17,27)25(28)23(26,11-29-20)31-19(14)32-25/h5,12,15,17-20,26-28H,6-11H2,1-4H3/t15-,17-,18+,19+,20+,21-,22-,23+,24+,25+/m0/s1. The van der Waals surface area contributed by atoms with Crippen LogP contribution in [0.2, 0.25) is 0 Å². The Morgan fingerprint density at radius 2 is 1.84 bits per heavy atom. The summed E-state index contributed by atoms with van der Waals surface area (Å²) in [5.41, 5.74) is 1.97. The van der Waals surface area contributed by atoms with E-state index in [1.165, 1.54) is 6.42 Å². The number of rotatable bonds is 1. The van der Waals surface area contributed by atoms with Gasteiger partial charge in [0, 0.05) is 5.41 Å². The molecule has 3 N–H and O–H groups in total. The van der Waals surface area contributed by atoms with Crippen LogP contribution in [0.25, 0.3) is 0 Å². The van der Waals surface area contributed by atoms with Crippen LogP contribution < -0.4 is 0 Å². The van der Waals surface area contributed by atoms with Crippen LogP contribution in [0, 0.1) is 28.6 Å². The summed E-state index contributed by atoms with van der Waals surface area (Å²) in [6.45, 7) is 8.98. The molecule has 4 heterocycles. The SMILES string of the molecule is CC(C)C1=C2[C@@H]3CC=C4[C@H]5O[C@@]6(O)[C@]7(O)[C@H](OC[C@@]6(O)O5)O[C@H]([C@H]47)[C@@]3(C)CC[C@]2(C)CC1. The van der Waals surface area contributed by atoms with E-state index in [1.54, 1.807) is 11.1 Å². The minimum absolute atomic E-state index is 0.209. The minimum Gasteiger partial charge on any atom is -0.379 e. The van der Waals surface area contributed by atoms with Crippen LogP contribution in [-0.4, -0.2) is 57.8 Å². The zero-order valence-electron chi connectivity index (χ0n) is 19.3. The first-order valence-corrected chi connectivity index (χ1v) is 12.2. The average Bonchev–Trinajstić information content (AvgIpc) is 3.29. The zero-order valence-corrected chi connectivity index (χ0v) is 19.3. The van der Waals surface area contributed by atoms with Crippen molar-refractivity contribution in [1.29, 1.82) is 0 Å². The Bertz CT molecular complexity index is 973. The topological polar surface area (TPSA) is 97.6 Å². The summed E-state index contributed by atoms with van der Waals surface area (Å²) < 4.78 is 24.0. The second-order valence-electron chi connectivity index (χ2n) is 12.2. The lowest BCUT2D eigenvalue weighted by Gasteiger charge is -2.54. The summed E-state index contributed by atoms with van der Waals surface area (Å²) in [6.07, 6.45) is 4.99. The first kappa shape index (κ1) is 20.6. The van der Waals surface area contributed by atoms with E-state index < -0.39 is 35.7 Å². The van der Waals surface area contributed by atoms with Gasteiger partial charge in [0.25, 0.3) is 11.6 Å². The van der Waals surface area contributed by atoms with Gasteiger partial charge < -0.3 is 34.3 Å². The highest BCUT2D eigenvalue weighted by molar-refractivity contribution is 5.41. The predicted molar refractivity (Wildman–Crippen MR) is 112 cm³/mol. The third-order valence-electron chi connectivity index (χ3n) is 10.4. The largest absolute Gasteiger partial charge is 0.379 e. The summed E-state index contributed by atoms with van der Waals surface area (Å²) >= 11 is 0. The molecule has 0 amide bonds. The number of allylic oxidation sites excluding steroid dienone is 3. The van der Waals surface area contributed by atoms with E-state index >= 15 is 0 Å². The molecule has 5 fully saturated rings. The van der Waals surface area contributed by atoms with Gasteiger partial charge in [0.1, 0.15) is 6.61 Å². The Labute approximate surface area is 188 Å². The smallest absolute Gasteiger partial charge is 0.261 e. The molecular formula is C25H34O7. The van der Waals surface area contributed by atoms with E-state index in [2.05, 4.69) is 33.8 Å². The fourth-order valence-electron chi connectivity index (χ4n) is 8.56. The highest BCUT2D eigenvalue weighted by Crippen LogP contribution is 2.70. The molecule has 10 atom stereocenters. The van der Waals surface area contributed by atoms with Gasteiger partial charge >= 0.3 is 0 Å². The highest BCUT2D eigenvalue weighted by atomic mass is 16.9. The summed E-state index contributed by atoms with van der Waals surface area (Å²) in [6, 6.07) is 0. The first-order chi connectivity index (χ1) is 15.0. The van der Waals surface area contributed by atoms with Crippen molar-refractivity contribution >= 4 is 0 Å². The third-order valence-corrected chi connectivity index (χ3v) is 10.4. The number of ether oxygens (including phenoxy) is 4. The summed E-state index contributed by atoms with van der Waals surface area (Å²) in [4.78, 5) is 0. The maximum atomic E-state index is 12.0. The molecule has 1 saturated carbocycles. The Kier molecular flexibility index (Phi) is 3.66. The van der Waals surface area contributed by atoms with Gasteiger partial charge in [0.2, 0.25) is 0 Å². The molecule has 3 aliphatic carbocycles. The van der Waals surface area contributed by atoms with E-state index in [0.29, 0.717) is 5.92 Å².